The number of hydrogen-bond acceptors (Lipinski definition) is 5. The van der Waals surface area contributed by atoms with E-state index in [2.05, 4.69) is 10.6 Å². The summed E-state index contributed by atoms with van der Waals surface area (Å²) in [6.07, 6.45) is 0. The highest BCUT2D eigenvalue weighted by atomic mass is 35.5. The van der Waals surface area contributed by atoms with E-state index >= 15 is 0 Å². The summed E-state index contributed by atoms with van der Waals surface area (Å²) in [6, 6.07) is 20.3. The fraction of sp³-hybridized carbons (Fsp3) is 0.0500. The molecule has 0 saturated carbocycles. The van der Waals surface area contributed by atoms with Gasteiger partial charge in [-0.05, 0) is 48.5 Å². The van der Waals surface area contributed by atoms with E-state index in [1.54, 1.807) is 12.1 Å². The van der Waals surface area contributed by atoms with Crippen LogP contribution in [0.4, 0.5) is 17.1 Å². The normalized spacial score (nSPS) is 11.2. The van der Waals surface area contributed by atoms with Gasteiger partial charge >= 0.3 is 0 Å². The molecular weight excluding hydrogens is 396 g/mol. The van der Waals surface area contributed by atoms with Crippen LogP contribution in [0.2, 0.25) is 0 Å². The molecule has 0 aliphatic rings. The maximum Gasteiger partial charge on any atom is 0.238 e. The van der Waals surface area contributed by atoms with E-state index in [1.807, 2.05) is 49.5 Å². The van der Waals surface area contributed by atoms with E-state index in [1.165, 1.54) is 12.1 Å². The van der Waals surface area contributed by atoms with Crippen molar-refractivity contribution in [2.24, 2.45) is 5.14 Å². The summed E-state index contributed by atoms with van der Waals surface area (Å²) in [6.45, 7) is 0. The van der Waals surface area contributed by atoms with Crippen LogP contribution in [0.5, 0.6) is 0 Å². The minimum absolute atomic E-state index is 0. The monoisotopic (exact) mass is 414 g/mol. The molecule has 0 fully saturated rings. The van der Waals surface area contributed by atoms with Gasteiger partial charge < -0.3 is 10.6 Å². The number of fused-ring (bicyclic) bond motifs is 2. The molecule has 0 bridgehead atoms. The number of sulfonamides is 1. The Kier molecular flexibility index (Phi) is 5.42. The minimum Gasteiger partial charge on any atom is -0.388 e. The molecule has 0 atom stereocenters. The van der Waals surface area contributed by atoms with Gasteiger partial charge in [-0.1, -0.05) is 18.2 Å². The molecule has 3 aromatic carbocycles. The van der Waals surface area contributed by atoms with E-state index in [0.717, 1.165) is 38.9 Å². The third kappa shape index (κ3) is 3.73. The Morgan fingerprint density at radius 2 is 1.50 bits per heavy atom. The molecule has 0 saturated heterocycles. The summed E-state index contributed by atoms with van der Waals surface area (Å²) in [7, 11) is -1.84. The van der Waals surface area contributed by atoms with Crippen molar-refractivity contribution in [2.75, 3.05) is 17.7 Å². The molecule has 4 N–H and O–H groups in total. The van der Waals surface area contributed by atoms with Crippen molar-refractivity contribution in [3.63, 3.8) is 0 Å². The maximum absolute atomic E-state index is 11.5. The van der Waals surface area contributed by atoms with E-state index in [4.69, 9.17) is 10.1 Å². The minimum atomic E-state index is -3.71. The smallest absolute Gasteiger partial charge is 0.238 e. The van der Waals surface area contributed by atoms with Gasteiger partial charge in [0, 0.05) is 29.2 Å². The van der Waals surface area contributed by atoms with Gasteiger partial charge in [-0.15, -0.1) is 12.4 Å². The quantitative estimate of drug-likeness (QED) is 0.434. The molecule has 28 heavy (non-hydrogen) atoms. The van der Waals surface area contributed by atoms with Crippen molar-refractivity contribution < 1.29 is 8.42 Å². The number of nitrogens with zero attached hydrogens (tertiary/aromatic N) is 1. The van der Waals surface area contributed by atoms with E-state index in [9.17, 15) is 8.42 Å². The predicted octanol–water partition coefficient (Wildman–Crippen LogP) is 4.24. The highest BCUT2D eigenvalue weighted by Gasteiger charge is 2.11. The molecule has 1 heterocycles. The number of rotatable bonds is 4. The third-order valence-corrected chi connectivity index (χ3v) is 5.35. The van der Waals surface area contributed by atoms with Crippen LogP contribution in [0.25, 0.3) is 21.8 Å². The number of pyridine rings is 1. The second-order valence-electron chi connectivity index (χ2n) is 6.18. The molecule has 0 spiro atoms. The van der Waals surface area contributed by atoms with Crippen LogP contribution in [-0.2, 0) is 10.0 Å². The fourth-order valence-electron chi connectivity index (χ4n) is 3.06. The first kappa shape index (κ1) is 19.9. The number of halogens is 1. The first-order valence-electron chi connectivity index (χ1n) is 8.36. The van der Waals surface area contributed by atoms with Crippen LogP contribution in [0.15, 0.2) is 71.6 Å². The Labute approximate surface area is 169 Å². The number of anilines is 3. The number of aromatic nitrogens is 1. The summed E-state index contributed by atoms with van der Waals surface area (Å²) in [4.78, 5) is 4.84. The first-order chi connectivity index (χ1) is 13.0. The van der Waals surface area contributed by atoms with Crippen LogP contribution in [0.1, 0.15) is 0 Å². The zero-order valence-electron chi connectivity index (χ0n) is 15.0. The standard InChI is InChI=1S/C20H18N4O2S.ClH/c1-22-14-8-11-17-19(12-14)24-18-5-3-2-4-16(18)20(17)23-13-6-9-15(10-7-13)27(21,25)26;/h2-12,22H,1H3,(H,23,24)(H2,21,25,26);1H. The van der Waals surface area contributed by atoms with Crippen LogP contribution in [-0.4, -0.2) is 20.4 Å². The Balaban J connectivity index is 0.00000225. The molecule has 6 nitrogen and oxygen atoms in total. The van der Waals surface area contributed by atoms with Gasteiger partial charge in [0.15, 0.2) is 0 Å². The topological polar surface area (TPSA) is 97.1 Å². The van der Waals surface area contributed by atoms with Crippen LogP contribution < -0.4 is 15.8 Å². The van der Waals surface area contributed by atoms with E-state index in [-0.39, 0.29) is 17.3 Å². The molecular formula is C20H19ClN4O2S. The SMILES string of the molecule is CNc1ccc2c(Nc3ccc(S(N)(=O)=O)cc3)c3ccccc3nc2c1.Cl. The zero-order chi connectivity index (χ0) is 19.0. The molecule has 0 aliphatic heterocycles. The average molecular weight is 415 g/mol. The molecule has 8 heteroatoms. The Morgan fingerprint density at radius 1 is 0.857 bits per heavy atom. The van der Waals surface area contributed by atoms with Gasteiger partial charge in [0.1, 0.15) is 0 Å². The van der Waals surface area contributed by atoms with Gasteiger partial charge in [0.2, 0.25) is 10.0 Å². The van der Waals surface area contributed by atoms with E-state index in [0.29, 0.717) is 0 Å². The number of hydrogen-bond donors (Lipinski definition) is 3. The number of benzene rings is 3. The van der Waals surface area contributed by atoms with Gasteiger partial charge in [-0.25, -0.2) is 18.5 Å². The summed E-state index contributed by atoms with van der Waals surface area (Å²) in [5.74, 6) is 0. The number of primary sulfonamides is 1. The second-order valence-corrected chi connectivity index (χ2v) is 7.74. The number of nitrogens with one attached hydrogen (secondary N) is 2. The maximum atomic E-state index is 11.5. The Bertz CT molecular complexity index is 1260. The number of nitrogens with two attached hydrogens (primary N) is 1. The molecule has 0 aliphatic carbocycles. The third-order valence-electron chi connectivity index (χ3n) is 4.42. The predicted molar refractivity (Wildman–Crippen MR) is 117 cm³/mol. The molecule has 0 amide bonds. The highest BCUT2D eigenvalue weighted by Crippen LogP contribution is 2.34. The number of para-hydroxylation sites is 1. The van der Waals surface area contributed by atoms with Gasteiger partial charge in [-0.2, -0.15) is 0 Å². The van der Waals surface area contributed by atoms with Gasteiger partial charge in [0.25, 0.3) is 0 Å². The summed E-state index contributed by atoms with van der Waals surface area (Å²) < 4.78 is 22.9. The molecule has 4 aromatic rings. The average Bonchev–Trinajstić information content (AvgIpc) is 2.67. The fourth-order valence-corrected chi connectivity index (χ4v) is 3.57. The van der Waals surface area contributed by atoms with Gasteiger partial charge in [-0.3, -0.25) is 0 Å². The first-order valence-corrected chi connectivity index (χ1v) is 9.90. The van der Waals surface area contributed by atoms with E-state index < -0.39 is 10.0 Å². The Hall–Kier alpha value is -2.87. The van der Waals surface area contributed by atoms with Crippen molar-refractivity contribution in [3.05, 3.63) is 66.7 Å². The summed E-state index contributed by atoms with van der Waals surface area (Å²) in [5, 5.41) is 13.7. The second kappa shape index (κ2) is 7.63. The molecule has 0 unspecified atom stereocenters. The lowest BCUT2D eigenvalue weighted by Crippen LogP contribution is -2.11. The molecule has 1 aromatic heterocycles. The molecule has 4 rings (SSSR count). The van der Waals surface area contributed by atoms with Crippen molar-refractivity contribution in [3.8, 4) is 0 Å². The largest absolute Gasteiger partial charge is 0.388 e. The van der Waals surface area contributed by atoms with Crippen molar-refractivity contribution in [1.82, 2.24) is 4.98 Å². The van der Waals surface area contributed by atoms with Crippen molar-refractivity contribution >= 4 is 61.3 Å². The summed E-state index contributed by atoms with van der Waals surface area (Å²) in [5.41, 5.74) is 4.40. The van der Waals surface area contributed by atoms with Crippen LogP contribution >= 0.6 is 12.4 Å². The summed E-state index contributed by atoms with van der Waals surface area (Å²) >= 11 is 0. The zero-order valence-corrected chi connectivity index (χ0v) is 16.6. The molecule has 0 radical (unpaired) electrons. The lowest BCUT2D eigenvalue weighted by atomic mass is 10.1. The van der Waals surface area contributed by atoms with Gasteiger partial charge in [0.05, 0.1) is 21.6 Å². The lowest BCUT2D eigenvalue weighted by Gasteiger charge is -2.14. The van der Waals surface area contributed by atoms with Crippen LogP contribution in [0.3, 0.4) is 0 Å². The highest BCUT2D eigenvalue weighted by molar-refractivity contribution is 7.89. The lowest BCUT2D eigenvalue weighted by molar-refractivity contribution is 0.598. The van der Waals surface area contributed by atoms with Crippen molar-refractivity contribution in [2.45, 2.75) is 4.90 Å². The molecule has 144 valence electrons. The van der Waals surface area contributed by atoms with Crippen LogP contribution in [0, 0.1) is 0 Å². The van der Waals surface area contributed by atoms with Crippen molar-refractivity contribution in [1.29, 1.82) is 0 Å². The Morgan fingerprint density at radius 3 is 2.18 bits per heavy atom.